The Morgan fingerprint density at radius 3 is 2.56 bits per heavy atom. The van der Waals surface area contributed by atoms with Crippen LogP contribution in [-0.2, 0) is 19.0 Å². The maximum atomic E-state index is 10.9. The summed E-state index contributed by atoms with van der Waals surface area (Å²) in [6.45, 7) is 1.32. The molecule has 0 aromatic carbocycles. The first-order chi connectivity index (χ1) is 8.83. The van der Waals surface area contributed by atoms with E-state index in [9.17, 15) is 4.79 Å². The highest BCUT2D eigenvalue weighted by molar-refractivity contribution is 5.68. The molecule has 1 fully saturated rings. The van der Waals surface area contributed by atoms with Gasteiger partial charge in [-0.15, -0.1) is 0 Å². The Balaban J connectivity index is 1.79. The second-order valence-corrected chi connectivity index (χ2v) is 4.84. The van der Waals surface area contributed by atoms with Crippen molar-refractivity contribution in [3.63, 3.8) is 0 Å². The predicted octanol–water partition coefficient (Wildman–Crippen LogP) is 3.04. The van der Waals surface area contributed by atoms with Gasteiger partial charge < -0.3 is 14.2 Å². The van der Waals surface area contributed by atoms with Crippen LogP contribution in [0.5, 0.6) is 0 Å². The molecule has 18 heavy (non-hydrogen) atoms. The van der Waals surface area contributed by atoms with Gasteiger partial charge in [-0.2, -0.15) is 0 Å². The highest BCUT2D eigenvalue weighted by Gasteiger charge is 2.12. The number of methoxy groups -OCH3 is 1. The average molecular weight is 258 g/mol. The lowest BCUT2D eigenvalue weighted by Gasteiger charge is -2.22. The molecule has 0 aromatic heterocycles. The molecule has 1 saturated heterocycles. The monoisotopic (exact) mass is 258 g/mol. The fourth-order valence-electron chi connectivity index (χ4n) is 2.18. The van der Waals surface area contributed by atoms with Crippen molar-refractivity contribution in [1.29, 1.82) is 0 Å². The zero-order chi connectivity index (χ0) is 13.1. The van der Waals surface area contributed by atoms with E-state index >= 15 is 0 Å². The van der Waals surface area contributed by atoms with Gasteiger partial charge in [0.25, 0.3) is 0 Å². The largest absolute Gasteiger partial charge is 0.469 e. The fourth-order valence-corrected chi connectivity index (χ4v) is 2.18. The lowest BCUT2D eigenvalue weighted by atomic mass is 10.0. The molecule has 0 bridgehead atoms. The Kier molecular flexibility index (Phi) is 8.86. The van der Waals surface area contributed by atoms with Crippen LogP contribution >= 0.6 is 0 Å². The summed E-state index contributed by atoms with van der Waals surface area (Å²) in [5, 5.41) is 0. The molecular weight excluding hydrogens is 232 g/mol. The Labute approximate surface area is 110 Å². The molecular formula is C14H26O4. The minimum atomic E-state index is -0.0910. The molecule has 1 rings (SSSR count). The number of ether oxygens (including phenoxy) is 3. The normalized spacial score (nSPS) is 19.7. The van der Waals surface area contributed by atoms with Gasteiger partial charge >= 0.3 is 5.97 Å². The molecule has 106 valence electrons. The van der Waals surface area contributed by atoms with E-state index in [2.05, 4.69) is 4.74 Å². The van der Waals surface area contributed by atoms with Crippen molar-refractivity contribution in [2.75, 3.05) is 20.5 Å². The maximum absolute atomic E-state index is 10.9. The first-order valence-electron chi connectivity index (χ1n) is 7.09. The molecule has 0 aromatic rings. The van der Waals surface area contributed by atoms with Crippen molar-refractivity contribution in [2.45, 2.75) is 63.9 Å². The first kappa shape index (κ1) is 15.4. The van der Waals surface area contributed by atoms with Crippen molar-refractivity contribution in [3.05, 3.63) is 0 Å². The lowest BCUT2D eigenvalue weighted by Crippen LogP contribution is -2.23. The van der Waals surface area contributed by atoms with Gasteiger partial charge in [0, 0.05) is 6.42 Å². The highest BCUT2D eigenvalue weighted by Crippen LogP contribution is 2.15. The molecule has 1 atom stereocenters. The average Bonchev–Trinajstić information content (AvgIpc) is 2.42. The Bertz CT molecular complexity index is 212. The van der Waals surface area contributed by atoms with Crippen molar-refractivity contribution in [1.82, 2.24) is 0 Å². The summed E-state index contributed by atoms with van der Waals surface area (Å²) in [6, 6.07) is 0. The van der Waals surface area contributed by atoms with Crippen molar-refractivity contribution in [2.24, 2.45) is 0 Å². The molecule has 0 saturated carbocycles. The van der Waals surface area contributed by atoms with Crippen molar-refractivity contribution < 1.29 is 19.0 Å². The van der Waals surface area contributed by atoms with Crippen LogP contribution in [0.25, 0.3) is 0 Å². The van der Waals surface area contributed by atoms with E-state index in [-0.39, 0.29) is 5.97 Å². The van der Waals surface area contributed by atoms with E-state index in [0.29, 0.717) is 19.3 Å². The predicted molar refractivity (Wildman–Crippen MR) is 69.3 cm³/mol. The van der Waals surface area contributed by atoms with Gasteiger partial charge in [-0.3, -0.25) is 4.79 Å². The SMILES string of the molecule is COC(=O)CCCCCCCCC1CCOCO1. The van der Waals surface area contributed by atoms with E-state index in [1.807, 2.05) is 0 Å². The van der Waals surface area contributed by atoms with Crippen LogP contribution in [-0.4, -0.2) is 32.6 Å². The van der Waals surface area contributed by atoms with E-state index in [1.165, 1.54) is 32.8 Å². The molecule has 4 nitrogen and oxygen atoms in total. The van der Waals surface area contributed by atoms with Crippen LogP contribution in [0.3, 0.4) is 0 Å². The molecule has 0 spiro atoms. The van der Waals surface area contributed by atoms with E-state index in [0.717, 1.165) is 32.3 Å². The van der Waals surface area contributed by atoms with Gasteiger partial charge in [0.2, 0.25) is 0 Å². The zero-order valence-corrected chi connectivity index (χ0v) is 11.5. The fraction of sp³-hybridized carbons (Fsp3) is 0.929. The highest BCUT2D eigenvalue weighted by atomic mass is 16.7. The zero-order valence-electron chi connectivity index (χ0n) is 11.5. The number of esters is 1. The van der Waals surface area contributed by atoms with Gasteiger partial charge in [-0.25, -0.2) is 0 Å². The number of hydrogen-bond acceptors (Lipinski definition) is 4. The summed E-state index contributed by atoms with van der Waals surface area (Å²) in [7, 11) is 1.45. The number of unbranched alkanes of at least 4 members (excludes halogenated alkanes) is 5. The van der Waals surface area contributed by atoms with E-state index in [4.69, 9.17) is 9.47 Å². The van der Waals surface area contributed by atoms with Crippen LogP contribution in [0.15, 0.2) is 0 Å². The Morgan fingerprint density at radius 1 is 1.17 bits per heavy atom. The summed E-state index contributed by atoms with van der Waals surface area (Å²) in [5.74, 6) is -0.0910. The van der Waals surface area contributed by atoms with Crippen LogP contribution in [0.2, 0.25) is 0 Å². The molecule has 1 aliphatic rings. The summed E-state index contributed by atoms with van der Waals surface area (Å²) in [5.41, 5.74) is 0. The van der Waals surface area contributed by atoms with Crippen LogP contribution in [0.1, 0.15) is 57.8 Å². The van der Waals surface area contributed by atoms with E-state index < -0.39 is 0 Å². The number of rotatable bonds is 9. The molecule has 1 unspecified atom stereocenters. The van der Waals surface area contributed by atoms with Crippen LogP contribution in [0, 0.1) is 0 Å². The third-order valence-electron chi connectivity index (χ3n) is 3.36. The van der Waals surface area contributed by atoms with Gasteiger partial charge in [0.15, 0.2) is 0 Å². The smallest absolute Gasteiger partial charge is 0.305 e. The quantitative estimate of drug-likeness (QED) is 0.471. The molecule has 0 aliphatic carbocycles. The second kappa shape index (κ2) is 10.3. The first-order valence-corrected chi connectivity index (χ1v) is 7.09. The number of hydrogen-bond donors (Lipinski definition) is 0. The molecule has 4 heteroatoms. The molecule has 1 heterocycles. The number of carbonyl (C=O) groups is 1. The minimum absolute atomic E-state index is 0.0910. The van der Waals surface area contributed by atoms with Gasteiger partial charge in [0.1, 0.15) is 6.79 Å². The number of carbonyl (C=O) groups excluding carboxylic acids is 1. The van der Waals surface area contributed by atoms with Gasteiger partial charge in [-0.05, 0) is 19.3 Å². The van der Waals surface area contributed by atoms with E-state index in [1.54, 1.807) is 0 Å². The summed E-state index contributed by atoms with van der Waals surface area (Å²) < 4.78 is 15.2. The minimum Gasteiger partial charge on any atom is -0.469 e. The standard InChI is InChI=1S/C14H26O4/c1-16-14(15)9-7-5-3-2-4-6-8-13-10-11-17-12-18-13/h13H,2-12H2,1H3. The van der Waals surface area contributed by atoms with Crippen LogP contribution in [0.4, 0.5) is 0 Å². The third kappa shape index (κ3) is 7.67. The second-order valence-electron chi connectivity index (χ2n) is 4.84. The molecule has 0 amide bonds. The van der Waals surface area contributed by atoms with Gasteiger partial charge in [-0.1, -0.05) is 32.1 Å². The molecule has 0 N–H and O–H groups in total. The van der Waals surface area contributed by atoms with Crippen LogP contribution < -0.4 is 0 Å². The topological polar surface area (TPSA) is 44.8 Å². The Morgan fingerprint density at radius 2 is 1.89 bits per heavy atom. The third-order valence-corrected chi connectivity index (χ3v) is 3.36. The summed E-state index contributed by atoms with van der Waals surface area (Å²) in [4.78, 5) is 10.9. The van der Waals surface area contributed by atoms with Crippen molar-refractivity contribution in [3.8, 4) is 0 Å². The molecule has 1 aliphatic heterocycles. The Hall–Kier alpha value is -0.610. The lowest BCUT2D eigenvalue weighted by molar-refractivity contribution is -0.141. The summed E-state index contributed by atoms with van der Waals surface area (Å²) in [6.07, 6.45) is 10.2. The van der Waals surface area contributed by atoms with Crippen molar-refractivity contribution >= 4 is 5.97 Å². The maximum Gasteiger partial charge on any atom is 0.305 e. The molecule has 0 radical (unpaired) electrons. The van der Waals surface area contributed by atoms with Gasteiger partial charge in [0.05, 0.1) is 19.8 Å². The summed E-state index contributed by atoms with van der Waals surface area (Å²) >= 11 is 0.